The van der Waals surface area contributed by atoms with E-state index in [1.54, 1.807) is 13.3 Å². The van der Waals surface area contributed by atoms with Gasteiger partial charge in [-0.05, 0) is 42.7 Å². The van der Waals surface area contributed by atoms with Gasteiger partial charge in [0, 0.05) is 31.3 Å². The fraction of sp³-hybridized carbons (Fsp3) is 0.320. The Balaban J connectivity index is 1.51. The van der Waals surface area contributed by atoms with Gasteiger partial charge >= 0.3 is 0 Å². The Labute approximate surface area is 189 Å². The van der Waals surface area contributed by atoms with E-state index in [-0.39, 0.29) is 5.91 Å². The largest absolute Gasteiger partial charge is 0.444 e. The van der Waals surface area contributed by atoms with E-state index >= 15 is 0 Å². The van der Waals surface area contributed by atoms with E-state index in [9.17, 15) is 4.79 Å². The van der Waals surface area contributed by atoms with E-state index < -0.39 is 0 Å². The standard InChI is InChI=1S/C25H31N5O2/c1-17(2)12-23(31)29-21-7-5-6-19(13-21)14-27-25(26-4)28-15-22-16-32-24(30-22)20-10-8-18(3)9-11-20/h5-11,13,16-17H,12,14-15H2,1-4H3,(H,29,31)(H2,26,27,28). The van der Waals surface area contributed by atoms with Gasteiger partial charge in [-0.3, -0.25) is 9.79 Å². The first-order valence-electron chi connectivity index (χ1n) is 10.8. The van der Waals surface area contributed by atoms with Gasteiger partial charge in [-0.15, -0.1) is 0 Å². The van der Waals surface area contributed by atoms with Crippen molar-refractivity contribution in [2.24, 2.45) is 10.9 Å². The molecule has 0 spiro atoms. The Bertz CT molecular complexity index is 1050. The smallest absolute Gasteiger partial charge is 0.226 e. The van der Waals surface area contributed by atoms with Crippen molar-refractivity contribution in [3.05, 3.63) is 71.6 Å². The first-order chi connectivity index (χ1) is 15.4. The molecule has 3 N–H and O–H groups in total. The number of nitrogens with one attached hydrogen (secondary N) is 3. The maximum absolute atomic E-state index is 12.0. The molecule has 168 valence electrons. The summed E-state index contributed by atoms with van der Waals surface area (Å²) in [6.45, 7) is 7.16. The lowest BCUT2D eigenvalue weighted by molar-refractivity contribution is -0.116. The molecular formula is C25H31N5O2. The van der Waals surface area contributed by atoms with E-state index in [4.69, 9.17) is 4.42 Å². The van der Waals surface area contributed by atoms with Gasteiger partial charge in [0.25, 0.3) is 0 Å². The quantitative estimate of drug-likeness (QED) is 0.359. The van der Waals surface area contributed by atoms with Gasteiger partial charge < -0.3 is 20.4 Å². The summed E-state index contributed by atoms with van der Waals surface area (Å²) in [6.07, 6.45) is 2.16. The molecule has 0 aliphatic heterocycles. The van der Waals surface area contributed by atoms with Crippen molar-refractivity contribution in [2.45, 2.75) is 40.3 Å². The summed E-state index contributed by atoms with van der Waals surface area (Å²) in [7, 11) is 1.72. The summed E-state index contributed by atoms with van der Waals surface area (Å²) in [5.41, 5.74) is 4.77. The van der Waals surface area contributed by atoms with Crippen molar-refractivity contribution in [1.29, 1.82) is 0 Å². The summed E-state index contributed by atoms with van der Waals surface area (Å²) < 4.78 is 5.61. The maximum Gasteiger partial charge on any atom is 0.226 e. The fourth-order valence-corrected chi connectivity index (χ4v) is 3.14. The highest BCUT2D eigenvalue weighted by Gasteiger charge is 2.08. The molecule has 1 heterocycles. The maximum atomic E-state index is 12.0. The van der Waals surface area contributed by atoms with Gasteiger partial charge in [0.05, 0.1) is 12.2 Å². The number of guanidine groups is 1. The number of hydrogen-bond donors (Lipinski definition) is 3. The predicted octanol–water partition coefficient (Wildman–Crippen LogP) is 4.50. The Kier molecular flexibility index (Phi) is 8.02. The second-order valence-electron chi connectivity index (χ2n) is 8.14. The Morgan fingerprint density at radius 1 is 1.09 bits per heavy atom. The zero-order valence-electron chi connectivity index (χ0n) is 19.1. The van der Waals surface area contributed by atoms with Crippen LogP contribution < -0.4 is 16.0 Å². The van der Waals surface area contributed by atoms with Crippen LogP contribution in [0.2, 0.25) is 0 Å². The van der Waals surface area contributed by atoms with Gasteiger partial charge in [0.1, 0.15) is 6.26 Å². The van der Waals surface area contributed by atoms with Crippen LogP contribution in [0.1, 0.15) is 37.1 Å². The minimum atomic E-state index is 0.0280. The molecule has 7 heteroatoms. The van der Waals surface area contributed by atoms with Crippen LogP contribution >= 0.6 is 0 Å². The molecule has 1 aromatic heterocycles. The van der Waals surface area contributed by atoms with Crippen LogP contribution in [0, 0.1) is 12.8 Å². The molecule has 0 unspecified atom stereocenters. The number of nitrogens with zero attached hydrogens (tertiary/aromatic N) is 2. The van der Waals surface area contributed by atoms with E-state index in [1.807, 2.05) is 69.3 Å². The van der Waals surface area contributed by atoms with Crippen LogP contribution in [0.4, 0.5) is 5.69 Å². The minimum absolute atomic E-state index is 0.0280. The number of carbonyl (C=O) groups excluding carboxylic acids is 1. The van der Waals surface area contributed by atoms with Gasteiger partial charge in [0.2, 0.25) is 11.8 Å². The number of anilines is 1. The first kappa shape index (κ1) is 23.1. The number of rotatable bonds is 8. The number of hydrogen-bond acceptors (Lipinski definition) is 4. The van der Waals surface area contributed by atoms with Gasteiger partial charge in [-0.2, -0.15) is 0 Å². The molecule has 3 aromatic rings. The predicted molar refractivity (Wildman–Crippen MR) is 128 cm³/mol. The molecule has 1 amide bonds. The number of benzene rings is 2. The minimum Gasteiger partial charge on any atom is -0.444 e. The SMILES string of the molecule is CN=C(NCc1cccc(NC(=O)CC(C)C)c1)NCc1coc(-c2ccc(C)cc2)n1. The first-order valence-corrected chi connectivity index (χ1v) is 10.8. The number of aromatic nitrogens is 1. The second kappa shape index (κ2) is 11.1. The lowest BCUT2D eigenvalue weighted by Crippen LogP contribution is -2.36. The van der Waals surface area contributed by atoms with Crippen molar-refractivity contribution >= 4 is 17.6 Å². The second-order valence-corrected chi connectivity index (χ2v) is 8.14. The molecule has 0 fully saturated rings. The molecule has 0 bridgehead atoms. The highest BCUT2D eigenvalue weighted by molar-refractivity contribution is 5.90. The molecule has 0 aliphatic carbocycles. The number of oxazole rings is 1. The Hall–Kier alpha value is -3.61. The highest BCUT2D eigenvalue weighted by atomic mass is 16.3. The summed E-state index contributed by atoms with van der Waals surface area (Å²) in [5.74, 6) is 1.60. The highest BCUT2D eigenvalue weighted by Crippen LogP contribution is 2.19. The van der Waals surface area contributed by atoms with Crippen LogP contribution in [0.3, 0.4) is 0 Å². The third-order valence-corrected chi connectivity index (χ3v) is 4.78. The number of carbonyl (C=O) groups is 1. The molecule has 0 radical (unpaired) electrons. The molecule has 3 rings (SSSR count). The van der Waals surface area contributed by atoms with Gasteiger partial charge in [-0.25, -0.2) is 4.98 Å². The lowest BCUT2D eigenvalue weighted by atomic mass is 10.1. The monoisotopic (exact) mass is 433 g/mol. The third-order valence-electron chi connectivity index (χ3n) is 4.78. The van der Waals surface area contributed by atoms with Crippen LogP contribution in [-0.4, -0.2) is 23.9 Å². The fourth-order valence-electron chi connectivity index (χ4n) is 3.14. The van der Waals surface area contributed by atoms with Crippen molar-refractivity contribution in [1.82, 2.24) is 15.6 Å². The topological polar surface area (TPSA) is 91.5 Å². The van der Waals surface area contributed by atoms with Crippen molar-refractivity contribution in [3.63, 3.8) is 0 Å². The molecule has 0 aliphatic rings. The lowest BCUT2D eigenvalue weighted by Gasteiger charge is -2.12. The van der Waals surface area contributed by atoms with Gasteiger partial charge in [-0.1, -0.05) is 43.7 Å². The van der Waals surface area contributed by atoms with E-state index in [1.165, 1.54) is 5.56 Å². The van der Waals surface area contributed by atoms with Crippen molar-refractivity contribution < 1.29 is 9.21 Å². The summed E-state index contributed by atoms with van der Waals surface area (Å²) in [4.78, 5) is 20.8. The van der Waals surface area contributed by atoms with Crippen LogP contribution in [0.5, 0.6) is 0 Å². The molecule has 0 saturated carbocycles. The third kappa shape index (κ3) is 6.97. The molecule has 32 heavy (non-hydrogen) atoms. The summed E-state index contributed by atoms with van der Waals surface area (Å²) >= 11 is 0. The Morgan fingerprint density at radius 3 is 2.56 bits per heavy atom. The van der Waals surface area contributed by atoms with Crippen LogP contribution in [-0.2, 0) is 17.9 Å². The summed E-state index contributed by atoms with van der Waals surface area (Å²) in [6, 6.07) is 15.9. The van der Waals surface area contributed by atoms with E-state index in [0.29, 0.717) is 37.3 Å². The molecule has 0 atom stereocenters. The zero-order valence-corrected chi connectivity index (χ0v) is 19.1. The Morgan fingerprint density at radius 2 is 1.84 bits per heavy atom. The molecule has 2 aromatic carbocycles. The van der Waals surface area contributed by atoms with Crippen LogP contribution in [0.25, 0.3) is 11.5 Å². The number of aliphatic imine (C=N–C) groups is 1. The number of amides is 1. The zero-order chi connectivity index (χ0) is 22.9. The van der Waals surface area contributed by atoms with Gasteiger partial charge in [0.15, 0.2) is 5.96 Å². The molecule has 7 nitrogen and oxygen atoms in total. The van der Waals surface area contributed by atoms with Crippen molar-refractivity contribution in [3.8, 4) is 11.5 Å². The average Bonchev–Trinajstić information content (AvgIpc) is 3.23. The summed E-state index contributed by atoms with van der Waals surface area (Å²) in [5, 5.41) is 9.48. The normalized spacial score (nSPS) is 11.5. The van der Waals surface area contributed by atoms with E-state index in [2.05, 4.69) is 25.9 Å². The number of aryl methyl sites for hydroxylation is 1. The van der Waals surface area contributed by atoms with Crippen LogP contribution in [0.15, 0.2) is 64.2 Å². The molecule has 0 saturated heterocycles. The van der Waals surface area contributed by atoms with Crippen molar-refractivity contribution in [2.75, 3.05) is 12.4 Å². The average molecular weight is 434 g/mol. The molecular weight excluding hydrogens is 402 g/mol. The van der Waals surface area contributed by atoms with E-state index in [0.717, 1.165) is 22.5 Å².